The van der Waals surface area contributed by atoms with Crippen LogP contribution in [0, 0.1) is 0 Å². The third kappa shape index (κ3) is 69.9. The number of aliphatic hydroxyl groups excluding tert-OH is 1. The van der Waals surface area contributed by atoms with Crippen molar-refractivity contribution in [3.05, 3.63) is 122 Å². The maximum absolute atomic E-state index is 13.1. The van der Waals surface area contributed by atoms with E-state index in [0.29, 0.717) is 32.1 Å². The highest BCUT2D eigenvalue weighted by atomic mass is 31.2. The van der Waals surface area contributed by atoms with E-state index in [2.05, 4.69) is 149 Å². The van der Waals surface area contributed by atoms with Crippen LogP contribution >= 0.6 is 15.6 Å². The number of phosphoric ester groups is 2. The van der Waals surface area contributed by atoms with Gasteiger partial charge in [0.2, 0.25) is 0 Å². The van der Waals surface area contributed by atoms with Gasteiger partial charge in [-0.05, 0) is 148 Å². The Kier molecular flexibility index (Phi) is 67.6. The van der Waals surface area contributed by atoms with Crippen molar-refractivity contribution in [3.8, 4) is 0 Å². The molecule has 0 aromatic carbocycles. The molecule has 0 fully saturated rings. The molecule has 98 heavy (non-hydrogen) atoms. The van der Waals surface area contributed by atoms with Gasteiger partial charge < -0.3 is 33.8 Å². The van der Waals surface area contributed by atoms with Crippen LogP contribution in [-0.2, 0) is 65.4 Å². The first-order chi connectivity index (χ1) is 47.7. The van der Waals surface area contributed by atoms with E-state index in [1.54, 1.807) is 0 Å². The van der Waals surface area contributed by atoms with Crippen molar-refractivity contribution in [2.24, 2.45) is 0 Å². The predicted molar refractivity (Wildman–Crippen MR) is 399 cm³/mol. The van der Waals surface area contributed by atoms with Crippen LogP contribution < -0.4 is 0 Å². The van der Waals surface area contributed by atoms with Crippen molar-refractivity contribution < 1.29 is 80.2 Å². The summed E-state index contributed by atoms with van der Waals surface area (Å²) in [6.07, 6.45) is 76.3. The molecule has 0 aromatic rings. The second-order valence-corrected chi connectivity index (χ2v) is 27.7. The summed E-state index contributed by atoms with van der Waals surface area (Å²) in [5.41, 5.74) is 0. The van der Waals surface area contributed by atoms with Crippen LogP contribution in [-0.4, -0.2) is 96.7 Å². The van der Waals surface area contributed by atoms with E-state index in [-0.39, 0.29) is 25.7 Å². The van der Waals surface area contributed by atoms with Gasteiger partial charge in [0.15, 0.2) is 12.2 Å². The lowest BCUT2D eigenvalue weighted by molar-refractivity contribution is -0.161. The Morgan fingerprint density at radius 3 is 0.878 bits per heavy atom. The van der Waals surface area contributed by atoms with E-state index in [4.69, 9.17) is 37.0 Å². The van der Waals surface area contributed by atoms with Crippen LogP contribution in [0.15, 0.2) is 122 Å². The van der Waals surface area contributed by atoms with Crippen molar-refractivity contribution in [2.45, 2.75) is 316 Å². The Morgan fingerprint density at radius 1 is 0.296 bits per heavy atom. The maximum Gasteiger partial charge on any atom is 0.472 e. The number of hydrogen-bond donors (Lipinski definition) is 3. The number of unbranched alkanes of at least 4 members (excludes halogenated alkanes) is 24. The Morgan fingerprint density at radius 2 is 0.541 bits per heavy atom. The first kappa shape index (κ1) is 93.5. The van der Waals surface area contributed by atoms with Gasteiger partial charge in [0.05, 0.1) is 26.4 Å². The average Bonchev–Trinajstić information content (AvgIpc) is 0.980. The smallest absolute Gasteiger partial charge is 0.462 e. The van der Waals surface area contributed by atoms with Gasteiger partial charge in [-0.1, -0.05) is 246 Å². The summed E-state index contributed by atoms with van der Waals surface area (Å²) >= 11 is 0. The Hall–Kier alpha value is -4.54. The van der Waals surface area contributed by atoms with Crippen LogP contribution in [0.3, 0.4) is 0 Å². The third-order valence-electron chi connectivity index (χ3n) is 15.4. The number of carbonyl (C=O) groups excluding carboxylic acids is 4. The fraction of sp³-hybridized carbons (Fsp3) is 0.696. The molecule has 5 unspecified atom stereocenters. The van der Waals surface area contributed by atoms with Crippen LogP contribution in [0.2, 0.25) is 0 Å². The Balaban J connectivity index is 5.38. The van der Waals surface area contributed by atoms with Gasteiger partial charge in [-0.2, -0.15) is 0 Å². The zero-order chi connectivity index (χ0) is 71.8. The van der Waals surface area contributed by atoms with Crippen LogP contribution in [0.4, 0.5) is 0 Å². The molecule has 562 valence electrons. The number of phosphoric acid groups is 2. The van der Waals surface area contributed by atoms with Gasteiger partial charge in [-0.3, -0.25) is 37.3 Å². The number of allylic oxidation sites excluding steroid dienone is 20. The largest absolute Gasteiger partial charge is 0.472 e. The number of aliphatic hydroxyl groups is 1. The summed E-state index contributed by atoms with van der Waals surface area (Å²) in [6, 6.07) is 0. The molecule has 0 spiro atoms. The first-order valence-corrected chi connectivity index (χ1v) is 40.8. The molecule has 0 rings (SSSR count). The zero-order valence-electron chi connectivity index (χ0n) is 61.2. The minimum atomic E-state index is -4.99. The summed E-state index contributed by atoms with van der Waals surface area (Å²) in [4.78, 5) is 72.8. The van der Waals surface area contributed by atoms with Crippen LogP contribution in [0.25, 0.3) is 0 Å². The molecule has 0 saturated carbocycles. The molecule has 0 aliphatic carbocycles. The molecule has 3 N–H and O–H groups in total. The molecule has 0 heterocycles. The molecule has 0 aromatic heterocycles. The SMILES string of the molecule is CC/C=C\C/C=C\C/C=C\C/C=C\CCCCC(=O)OC(COC(=O)CCCCCCCCC/C=C\C/C=C\C/C=C\CC)COP(=O)(O)OCC(O)COP(=O)(O)OCC(COC(=O)CCCCCCC/C=C\C/C=C\CCCCC)OC(=O)CCCCCCC/C=C\CCCC. The third-order valence-corrected chi connectivity index (χ3v) is 17.3. The summed E-state index contributed by atoms with van der Waals surface area (Å²) in [6.45, 7) is 4.49. The molecule has 17 nitrogen and oxygen atoms in total. The lowest BCUT2D eigenvalue weighted by Gasteiger charge is -2.21. The first-order valence-electron chi connectivity index (χ1n) is 37.8. The van der Waals surface area contributed by atoms with E-state index in [1.807, 2.05) is 0 Å². The monoisotopic (exact) mass is 1420 g/mol. The molecular formula is C79H134O17P2. The molecule has 5 atom stereocenters. The molecule has 0 amide bonds. The van der Waals surface area contributed by atoms with Gasteiger partial charge in [0.25, 0.3) is 0 Å². The zero-order valence-corrected chi connectivity index (χ0v) is 63.0. The van der Waals surface area contributed by atoms with Crippen molar-refractivity contribution in [1.82, 2.24) is 0 Å². The molecular weight excluding hydrogens is 1280 g/mol. The van der Waals surface area contributed by atoms with Gasteiger partial charge >= 0.3 is 39.5 Å². The van der Waals surface area contributed by atoms with Crippen LogP contribution in [0.5, 0.6) is 0 Å². The van der Waals surface area contributed by atoms with E-state index in [9.17, 15) is 43.2 Å². The number of carbonyl (C=O) groups is 4. The average molecular weight is 1420 g/mol. The maximum atomic E-state index is 13.1. The fourth-order valence-corrected chi connectivity index (χ4v) is 11.2. The van der Waals surface area contributed by atoms with Crippen molar-refractivity contribution >= 4 is 39.5 Å². The standard InChI is InChI=1S/C79H134O17P2/c1-5-9-13-17-21-25-29-32-35-36-39-41-45-48-52-56-60-64-77(82)90-70-75(96-79(84)66-62-58-54-50-46-42-38-34-31-27-23-19-15-11-7-3)72-94-98(87,88)92-68-73(80)67-91-97(85,86)93-71-74(95-78(83)65-61-57-53-49-43-28-24-20-16-12-8-4)69-89-76(81)63-59-55-51-47-44-40-37-33-30-26-22-18-14-10-6-2/h9,11,13,15,20-27,32-35,37-38,46,50,73-75,80H,5-8,10,12,14,16-19,28-31,36,39-45,47-49,51-72H2,1-4H3,(H,85,86)(H,87,88)/b13-9-,15-11-,24-20-,25-21-,26-22-,27-23-,35-32-,37-33-,38-34-,50-46-. The Labute approximate surface area is 593 Å². The van der Waals surface area contributed by atoms with Crippen molar-refractivity contribution in [2.75, 3.05) is 39.6 Å². The highest BCUT2D eigenvalue weighted by molar-refractivity contribution is 7.47. The summed E-state index contributed by atoms with van der Waals surface area (Å²) < 4.78 is 68.4. The van der Waals surface area contributed by atoms with Gasteiger partial charge in [0, 0.05) is 25.7 Å². The van der Waals surface area contributed by atoms with Gasteiger partial charge in [-0.15, -0.1) is 0 Å². The number of hydrogen-bond acceptors (Lipinski definition) is 15. The number of rotatable bonds is 70. The van der Waals surface area contributed by atoms with Gasteiger partial charge in [0.1, 0.15) is 19.3 Å². The van der Waals surface area contributed by atoms with E-state index in [1.165, 1.54) is 32.1 Å². The second kappa shape index (κ2) is 70.9. The highest BCUT2D eigenvalue weighted by Crippen LogP contribution is 2.45. The van der Waals surface area contributed by atoms with E-state index >= 15 is 0 Å². The second-order valence-electron chi connectivity index (χ2n) is 24.8. The predicted octanol–water partition coefficient (Wildman–Crippen LogP) is 21.6. The molecule has 0 radical (unpaired) electrons. The van der Waals surface area contributed by atoms with Crippen molar-refractivity contribution in [3.63, 3.8) is 0 Å². The number of esters is 4. The molecule has 0 saturated heterocycles. The Bertz CT molecular complexity index is 2340. The molecule has 0 bridgehead atoms. The molecule has 0 aliphatic rings. The summed E-state index contributed by atoms with van der Waals surface area (Å²) in [5.74, 6) is -2.26. The summed E-state index contributed by atoms with van der Waals surface area (Å²) in [7, 11) is -9.97. The van der Waals surface area contributed by atoms with Crippen LogP contribution in [0.1, 0.15) is 297 Å². The van der Waals surface area contributed by atoms with Gasteiger partial charge in [-0.25, -0.2) is 9.13 Å². The number of ether oxygens (including phenoxy) is 4. The molecule has 0 aliphatic heterocycles. The summed E-state index contributed by atoms with van der Waals surface area (Å²) in [5, 5.41) is 10.6. The topological polar surface area (TPSA) is 237 Å². The fourth-order valence-electron chi connectivity index (χ4n) is 9.65. The highest BCUT2D eigenvalue weighted by Gasteiger charge is 2.30. The minimum absolute atomic E-state index is 0.0378. The van der Waals surface area contributed by atoms with Crippen molar-refractivity contribution in [1.29, 1.82) is 0 Å². The lowest BCUT2D eigenvalue weighted by atomic mass is 10.1. The van der Waals surface area contributed by atoms with E-state index in [0.717, 1.165) is 180 Å². The minimum Gasteiger partial charge on any atom is -0.462 e. The quantitative estimate of drug-likeness (QED) is 0.0169. The molecule has 19 heteroatoms. The lowest BCUT2D eigenvalue weighted by Crippen LogP contribution is -2.30. The normalized spacial score (nSPS) is 14.6. The van der Waals surface area contributed by atoms with E-state index < -0.39 is 97.5 Å².